The van der Waals surface area contributed by atoms with Gasteiger partial charge in [-0.2, -0.15) is 0 Å². The molecule has 1 heterocycles. The topological polar surface area (TPSA) is 50.8 Å². The maximum absolute atomic E-state index is 12.1. The molecule has 1 aromatic rings. The monoisotopic (exact) mass is 362 g/mol. The number of methoxy groups -OCH3 is 2. The van der Waals surface area contributed by atoms with Crippen molar-refractivity contribution in [3.05, 3.63) is 23.8 Å². The quantitative estimate of drug-likeness (QED) is 0.686. The van der Waals surface area contributed by atoms with Gasteiger partial charge in [0.1, 0.15) is 0 Å². The van der Waals surface area contributed by atoms with Crippen molar-refractivity contribution in [3.63, 3.8) is 0 Å². The van der Waals surface area contributed by atoms with E-state index in [1.807, 2.05) is 18.2 Å². The molecule has 1 amide bonds. The maximum Gasteiger partial charge on any atom is 0.220 e. The third kappa shape index (κ3) is 6.52. The van der Waals surface area contributed by atoms with E-state index in [1.54, 1.807) is 14.2 Å². The smallest absolute Gasteiger partial charge is 0.220 e. The largest absolute Gasteiger partial charge is 0.493 e. The summed E-state index contributed by atoms with van der Waals surface area (Å²) >= 11 is 0. The molecule has 1 saturated heterocycles. The number of piperidine rings is 1. The zero-order valence-electron chi connectivity index (χ0n) is 16.7. The van der Waals surface area contributed by atoms with Crippen LogP contribution < -0.4 is 14.8 Å². The highest BCUT2D eigenvalue weighted by Crippen LogP contribution is 2.28. The molecule has 0 unspecified atom stereocenters. The van der Waals surface area contributed by atoms with Gasteiger partial charge in [-0.05, 0) is 55.3 Å². The first kappa shape index (κ1) is 20.6. The first-order chi connectivity index (χ1) is 12.5. The lowest BCUT2D eigenvalue weighted by Crippen LogP contribution is -2.40. The number of nitrogens with zero attached hydrogens (tertiary/aromatic N) is 1. The third-order valence-corrected chi connectivity index (χ3v) is 5.01. The minimum Gasteiger partial charge on any atom is -0.493 e. The third-order valence-electron chi connectivity index (χ3n) is 5.01. The summed E-state index contributed by atoms with van der Waals surface area (Å²) in [5.74, 6) is 3.10. The highest BCUT2D eigenvalue weighted by Gasteiger charge is 2.21. The Kier molecular flexibility index (Phi) is 8.23. The highest BCUT2D eigenvalue weighted by atomic mass is 16.5. The van der Waals surface area contributed by atoms with Crippen LogP contribution in [0.15, 0.2) is 18.2 Å². The molecule has 2 rings (SSSR count). The molecular weight excluding hydrogens is 328 g/mol. The van der Waals surface area contributed by atoms with Crippen LogP contribution in [0.5, 0.6) is 11.5 Å². The lowest BCUT2D eigenvalue weighted by Gasteiger charge is -2.34. The lowest BCUT2D eigenvalue weighted by atomic mass is 9.92. The molecule has 1 aliphatic heterocycles. The molecule has 5 nitrogen and oxygen atoms in total. The SMILES string of the molecule is COc1ccc(CCC(=O)NCCCN2C[C@@H](C)C[C@H](C)C2)cc1OC. The van der Waals surface area contributed by atoms with Crippen molar-refractivity contribution in [2.75, 3.05) is 40.4 Å². The molecule has 1 N–H and O–H groups in total. The fourth-order valence-corrected chi connectivity index (χ4v) is 3.89. The van der Waals surface area contributed by atoms with Gasteiger partial charge in [0.15, 0.2) is 11.5 Å². The second kappa shape index (κ2) is 10.4. The molecule has 1 fully saturated rings. The molecular formula is C21H34N2O3. The zero-order chi connectivity index (χ0) is 18.9. The van der Waals surface area contributed by atoms with Crippen LogP contribution in [-0.2, 0) is 11.2 Å². The molecule has 146 valence electrons. The Bertz CT molecular complexity index is 566. The van der Waals surface area contributed by atoms with Crippen molar-refractivity contribution in [1.82, 2.24) is 10.2 Å². The molecule has 2 atom stereocenters. The fraction of sp³-hybridized carbons (Fsp3) is 0.667. The number of amides is 1. The second-order valence-electron chi connectivity index (χ2n) is 7.60. The van der Waals surface area contributed by atoms with E-state index in [4.69, 9.17) is 9.47 Å². The van der Waals surface area contributed by atoms with E-state index in [0.717, 1.165) is 36.9 Å². The summed E-state index contributed by atoms with van der Waals surface area (Å²) < 4.78 is 10.5. The van der Waals surface area contributed by atoms with E-state index in [-0.39, 0.29) is 5.91 Å². The molecule has 0 aliphatic carbocycles. The van der Waals surface area contributed by atoms with Crippen molar-refractivity contribution in [3.8, 4) is 11.5 Å². The number of hydrogen-bond donors (Lipinski definition) is 1. The van der Waals surface area contributed by atoms with Crippen LogP contribution in [0.2, 0.25) is 0 Å². The number of rotatable bonds is 9. The Hall–Kier alpha value is -1.75. The van der Waals surface area contributed by atoms with E-state index in [0.29, 0.717) is 24.3 Å². The van der Waals surface area contributed by atoms with Crippen LogP contribution in [0.4, 0.5) is 0 Å². The normalized spacial score (nSPS) is 20.6. The lowest BCUT2D eigenvalue weighted by molar-refractivity contribution is -0.121. The number of carbonyl (C=O) groups is 1. The van der Waals surface area contributed by atoms with Crippen molar-refractivity contribution in [1.29, 1.82) is 0 Å². The minimum atomic E-state index is 0.111. The molecule has 0 aromatic heterocycles. The van der Waals surface area contributed by atoms with Crippen LogP contribution in [0.1, 0.15) is 38.7 Å². The van der Waals surface area contributed by atoms with Gasteiger partial charge in [-0.1, -0.05) is 19.9 Å². The van der Waals surface area contributed by atoms with Gasteiger partial charge in [-0.3, -0.25) is 4.79 Å². The van der Waals surface area contributed by atoms with E-state index in [9.17, 15) is 4.79 Å². The van der Waals surface area contributed by atoms with E-state index in [2.05, 4.69) is 24.1 Å². The van der Waals surface area contributed by atoms with Crippen LogP contribution in [0.25, 0.3) is 0 Å². The Labute approximate surface area is 158 Å². The van der Waals surface area contributed by atoms with Gasteiger partial charge in [0.05, 0.1) is 14.2 Å². The number of nitrogens with one attached hydrogen (secondary N) is 1. The van der Waals surface area contributed by atoms with Gasteiger partial charge in [-0.25, -0.2) is 0 Å². The standard InChI is InChI=1S/C21H34N2O3/c1-16-12-17(2)15-23(14-16)11-5-10-22-21(24)9-7-18-6-8-19(25-3)20(13-18)26-4/h6,8,13,16-17H,5,7,9-12,14-15H2,1-4H3,(H,22,24)/t16-,17-/m0/s1. The number of likely N-dealkylation sites (tertiary alicyclic amines) is 1. The summed E-state index contributed by atoms with van der Waals surface area (Å²) in [4.78, 5) is 14.6. The number of hydrogen-bond acceptors (Lipinski definition) is 4. The predicted octanol–water partition coefficient (Wildman–Crippen LogP) is 3.12. The summed E-state index contributed by atoms with van der Waals surface area (Å²) in [6.45, 7) is 8.88. The summed E-state index contributed by atoms with van der Waals surface area (Å²) in [6, 6.07) is 5.80. The van der Waals surface area contributed by atoms with Crippen LogP contribution in [-0.4, -0.2) is 51.2 Å². The van der Waals surface area contributed by atoms with Gasteiger partial charge in [0, 0.05) is 26.1 Å². The first-order valence-electron chi connectivity index (χ1n) is 9.71. The zero-order valence-corrected chi connectivity index (χ0v) is 16.7. The van der Waals surface area contributed by atoms with Crippen LogP contribution in [0, 0.1) is 11.8 Å². The van der Waals surface area contributed by atoms with Crippen molar-refractivity contribution >= 4 is 5.91 Å². The van der Waals surface area contributed by atoms with Gasteiger partial charge in [0.25, 0.3) is 0 Å². The fourth-order valence-electron chi connectivity index (χ4n) is 3.89. The highest BCUT2D eigenvalue weighted by molar-refractivity contribution is 5.76. The molecule has 0 bridgehead atoms. The number of benzene rings is 1. The Morgan fingerprint density at radius 2 is 1.85 bits per heavy atom. The Morgan fingerprint density at radius 3 is 2.50 bits per heavy atom. The average Bonchev–Trinajstić information content (AvgIpc) is 2.62. The Balaban J connectivity index is 1.65. The van der Waals surface area contributed by atoms with Crippen molar-refractivity contribution in [2.45, 2.75) is 39.5 Å². The minimum absolute atomic E-state index is 0.111. The average molecular weight is 363 g/mol. The van der Waals surface area contributed by atoms with E-state index >= 15 is 0 Å². The van der Waals surface area contributed by atoms with E-state index < -0.39 is 0 Å². The number of aryl methyl sites for hydroxylation is 1. The van der Waals surface area contributed by atoms with Crippen molar-refractivity contribution in [2.24, 2.45) is 11.8 Å². The summed E-state index contributed by atoms with van der Waals surface area (Å²) in [5.41, 5.74) is 1.08. The van der Waals surface area contributed by atoms with Crippen LogP contribution in [0.3, 0.4) is 0 Å². The number of carbonyl (C=O) groups excluding carboxylic acids is 1. The molecule has 5 heteroatoms. The second-order valence-corrected chi connectivity index (χ2v) is 7.60. The first-order valence-corrected chi connectivity index (χ1v) is 9.71. The summed E-state index contributed by atoms with van der Waals surface area (Å²) in [7, 11) is 3.24. The molecule has 0 radical (unpaired) electrons. The van der Waals surface area contributed by atoms with Crippen LogP contribution >= 0.6 is 0 Å². The summed E-state index contributed by atoms with van der Waals surface area (Å²) in [5, 5.41) is 3.04. The van der Waals surface area contributed by atoms with E-state index in [1.165, 1.54) is 19.5 Å². The molecule has 1 aromatic carbocycles. The summed E-state index contributed by atoms with van der Waals surface area (Å²) in [6.07, 6.45) is 3.55. The maximum atomic E-state index is 12.1. The predicted molar refractivity (Wildman–Crippen MR) is 105 cm³/mol. The van der Waals surface area contributed by atoms with Gasteiger partial charge in [0.2, 0.25) is 5.91 Å². The Morgan fingerprint density at radius 1 is 1.15 bits per heavy atom. The molecule has 0 saturated carbocycles. The van der Waals surface area contributed by atoms with Gasteiger partial charge < -0.3 is 19.7 Å². The molecule has 1 aliphatic rings. The van der Waals surface area contributed by atoms with Crippen molar-refractivity contribution < 1.29 is 14.3 Å². The van der Waals surface area contributed by atoms with Gasteiger partial charge >= 0.3 is 0 Å². The number of ether oxygens (including phenoxy) is 2. The molecule has 26 heavy (non-hydrogen) atoms. The molecule has 0 spiro atoms. The van der Waals surface area contributed by atoms with Gasteiger partial charge in [-0.15, -0.1) is 0 Å².